The molecule has 1 aromatic rings. The van der Waals surface area contributed by atoms with E-state index in [1.54, 1.807) is 0 Å². The van der Waals surface area contributed by atoms with Crippen LogP contribution in [0.1, 0.15) is 18.4 Å². The van der Waals surface area contributed by atoms with Crippen molar-refractivity contribution in [1.29, 1.82) is 0 Å². The Hall–Kier alpha value is -2.62. The highest BCUT2D eigenvalue weighted by atomic mass is 19.4. The van der Waals surface area contributed by atoms with Crippen LogP contribution in [-0.4, -0.2) is 33.6 Å². The summed E-state index contributed by atoms with van der Waals surface area (Å²) in [6.07, 6.45) is -5.05. The Balaban J connectivity index is 1.74. The standard InChI is InChI=1S/C17H17F3N2O5/c18-17(19,20)8-3-1-2-4-9(8)22-10(23)5-7-6-16(21,15(26)27)13-11(7)12(13)14(24)25/h1-4,7,11-13H,5-6,21H2,(H,22,23)(H,24,25)(H,26,27)/t7-,11?,12-,13?,16-/m0/s1. The van der Waals surface area contributed by atoms with Gasteiger partial charge in [0.15, 0.2) is 0 Å². The lowest BCUT2D eigenvalue weighted by molar-refractivity contribution is -0.146. The zero-order chi connectivity index (χ0) is 20.1. The van der Waals surface area contributed by atoms with Crippen molar-refractivity contribution in [3.05, 3.63) is 29.8 Å². The molecule has 0 spiro atoms. The van der Waals surface area contributed by atoms with Gasteiger partial charge in [-0.05, 0) is 30.4 Å². The Bertz CT molecular complexity index is 812. The Labute approximate surface area is 151 Å². The summed E-state index contributed by atoms with van der Waals surface area (Å²) in [4.78, 5) is 35.0. The summed E-state index contributed by atoms with van der Waals surface area (Å²) < 4.78 is 39.0. The van der Waals surface area contributed by atoms with Crippen molar-refractivity contribution in [3.8, 4) is 0 Å². The normalized spacial score (nSPS) is 31.9. The third-order valence-corrected chi connectivity index (χ3v) is 5.45. The average Bonchev–Trinajstić information content (AvgIpc) is 3.23. The number of carbonyl (C=O) groups excluding carboxylic acids is 1. The topological polar surface area (TPSA) is 130 Å². The van der Waals surface area contributed by atoms with E-state index in [0.717, 1.165) is 12.1 Å². The Morgan fingerprint density at radius 1 is 1.22 bits per heavy atom. The van der Waals surface area contributed by atoms with Gasteiger partial charge < -0.3 is 21.3 Å². The predicted molar refractivity (Wildman–Crippen MR) is 85.5 cm³/mol. The molecule has 2 aliphatic carbocycles. The molecule has 146 valence electrons. The van der Waals surface area contributed by atoms with Crippen LogP contribution in [-0.2, 0) is 20.6 Å². The van der Waals surface area contributed by atoms with Crippen molar-refractivity contribution in [2.75, 3.05) is 5.32 Å². The van der Waals surface area contributed by atoms with Crippen LogP contribution >= 0.6 is 0 Å². The minimum Gasteiger partial charge on any atom is -0.481 e. The van der Waals surface area contributed by atoms with Gasteiger partial charge in [-0.2, -0.15) is 13.2 Å². The molecule has 2 aliphatic rings. The van der Waals surface area contributed by atoms with Crippen molar-refractivity contribution in [3.63, 3.8) is 0 Å². The Kier molecular flexibility index (Phi) is 4.41. The number of nitrogens with two attached hydrogens (primary N) is 1. The lowest BCUT2D eigenvalue weighted by Gasteiger charge is -2.24. The van der Waals surface area contributed by atoms with E-state index in [-0.39, 0.29) is 12.8 Å². The minimum atomic E-state index is -4.65. The molecule has 3 rings (SSSR count). The number of fused-ring (bicyclic) bond motifs is 1. The molecule has 2 unspecified atom stereocenters. The van der Waals surface area contributed by atoms with Crippen LogP contribution in [0.2, 0.25) is 0 Å². The van der Waals surface area contributed by atoms with Crippen LogP contribution in [0.5, 0.6) is 0 Å². The van der Waals surface area contributed by atoms with E-state index >= 15 is 0 Å². The number of nitrogens with one attached hydrogen (secondary N) is 1. The molecule has 27 heavy (non-hydrogen) atoms. The van der Waals surface area contributed by atoms with Crippen LogP contribution < -0.4 is 11.1 Å². The van der Waals surface area contributed by atoms with Crippen molar-refractivity contribution in [2.24, 2.45) is 29.4 Å². The number of carboxylic acid groups (broad SMARTS) is 2. The van der Waals surface area contributed by atoms with Gasteiger partial charge in [0.1, 0.15) is 5.54 Å². The van der Waals surface area contributed by atoms with Gasteiger partial charge in [-0.25, -0.2) is 0 Å². The molecule has 1 amide bonds. The molecule has 7 nitrogen and oxygen atoms in total. The summed E-state index contributed by atoms with van der Waals surface area (Å²) in [6, 6.07) is 4.47. The van der Waals surface area contributed by atoms with E-state index in [2.05, 4.69) is 5.32 Å². The number of rotatable bonds is 5. The summed E-state index contributed by atoms with van der Waals surface area (Å²) in [5.74, 6) is -6.23. The van der Waals surface area contributed by atoms with Crippen molar-refractivity contribution < 1.29 is 37.8 Å². The number of aliphatic carboxylic acids is 2. The molecule has 5 atom stereocenters. The zero-order valence-electron chi connectivity index (χ0n) is 13.9. The number of hydrogen-bond donors (Lipinski definition) is 4. The largest absolute Gasteiger partial charge is 0.481 e. The molecule has 0 radical (unpaired) electrons. The van der Waals surface area contributed by atoms with Gasteiger partial charge in [-0.15, -0.1) is 0 Å². The predicted octanol–water partition coefficient (Wildman–Crippen LogP) is 1.78. The number of alkyl halides is 3. The molecule has 0 aliphatic heterocycles. The lowest BCUT2D eigenvalue weighted by atomic mass is 9.86. The first-order chi connectivity index (χ1) is 12.5. The average molecular weight is 386 g/mol. The van der Waals surface area contributed by atoms with Gasteiger partial charge in [0.2, 0.25) is 5.91 Å². The minimum absolute atomic E-state index is 0.101. The van der Waals surface area contributed by atoms with Crippen LogP contribution in [0.15, 0.2) is 24.3 Å². The van der Waals surface area contributed by atoms with E-state index in [4.69, 9.17) is 5.73 Å². The molecule has 0 saturated heterocycles. The second-order valence-electron chi connectivity index (χ2n) is 7.07. The summed E-state index contributed by atoms with van der Waals surface area (Å²) >= 11 is 0. The van der Waals surface area contributed by atoms with Gasteiger partial charge in [0.25, 0.3) is 0 Å². The lowest BCUT2D eigenvalue weighted by Crippen LogP contribution is -2.50. The SMILES string of the molecule is N[C@@]1(C(=O)O)C[C@H](CC(=O)Nc2ccccc2C(F)(F)F)C2C1[C@H]2C(=O)O. The summed E-state index contributed by atoms with van der Waals surface area (Å²) in [5, 5.41) is 20.7. The van der Waals surface area contributed by atoms with E-state index in [1.807, 2.05) is 0 Å². The fourth-order valence-electron chi connectivity index (χ4n) is 4.33. The number of benzene rings is 1. The molecule has 10 heteroatoms. The molecule has 1 aromatic carbocycles. The molecular formula is C17H17F3N2O5. The molecule has 0 heterocycles. The highest BCUT2D eigenvalue weighted by molar-refractivity contribution is 5.92. The number of anilines is 1. The number of carboxylic acids is 2. The molecule has 0 aromatic heterocycles. The number of para-hydroxylation sites is 1. The van der Waals surface area contributed by atoms with E-state index in [0.29, 0.717) is 0 Å². The first-order valence-electron chi connectivity index (χ1n) is 8.18. The Morgan fingerprint density at radius 3 is 2.41 bits per heavy atom. The fourth-order valence-corrected chi connectivity index (χ4v) is 4.33. The summed E-state index contributed by atoms with van der Waals surface area (Å²) in [5.41, 5.74) is 2.71. The maximum absolute atomic E-state index is 13.0. The third-order valence-electron chi connectivity index (χ3n) is 5.45. The molecule has 2 saturated carbocycles. The summed E-state index contributed by atoms with van der Waals surface area (Å²) in [6.45, 7) is 0. The first-order valence-corrected chi connectivity index (χ1v) is 8.18. The second kappa shape index (κ2) is 6.22. The zero-order valence-corrected chi connectivity index (χ0v) is 13.9. The maximum Gasteiger partial charge on any atom is 0.418 e. The highest BCUT2D eigenvalue weighted by Crippen LogP contribution is 2.65. The third kappa shape index (κ3) is 3.25. The fraction of sp³-hybridized carbons (Fsp3) is 0.471. The molecule has 2 fully saturated rings. The monoisotopic (exact) mass is 386 g/mol. The van der Waals surface area contributed by atoms with Gasteiger partial charge in [0, 0.05) is 12.3 Å². The van der Waals surface area contributed by atoms with Gasteiger partial charge in [0.05, 0.1) is 17.2 Å². The smallest absolute Gasteiger partial charge is 0.418 e. The van der Waals surface area contributed by atoms with Crippen LogP contribution in [0.3, 0.4) is 0 Å². The van der Waals surface area contributed by atoms with Gasteiger partial charge in [-0.1, -0.05) is 12.1 Å². The van der Waals surface area contributed by atoms with Gasteiger partial charge in [-0.3, -0.25) is 14.4 Å². The number of carbonyl (C=O) groups is 3. The van der Waals surface area contributed by atoms with Crippen LogP contribution in [0.25, 0.3) is 0 Å². The van der Waals surface area contributed by atoms with Crippen molar-refractivity contribution >= 4 is 23.5 Å². The number of amides is 1. The van der Waals surface area contributed by atoms with E-state index in [1.165, 1.54) is 12.1 Å². The van der Waals surface area contributed by atoms with Crippen LogP contribution in [0.4, 0.5) is 18.9 Å². The molecular weight excluding hydrogens is 369 g/mol. The first kappa shape index (κ1) is 19.2. The quantitative estimate of drug-likeness (QED) is 0.610. The maximum atomic E-state index is 13.0. The van der Waals surface area contributed by atoms with Crippen molar-refractivity contribution in [2.45, 2.75) is 24.6 Å². The molecule has 5 N–H and O–H groups in total. The van der Waals surface area contributed by atoms with Gasteiger partial charge >= 0.3 is 18.1 Å². The van der Waals surface area contributed by atoms with Crippen molar-refractivity contribution in [1.82, 2.24) is 0 Å². The van der Waals surface area contributed by atoms with E-state index in [9.17, 15) is 37.8 Å². The molecule has 0 bridgehead atoms. The second-order valence-corrected chi connectivity index (χ2v) is 7.07. The number of hydrogen-bond acceptors (Lipinski definition) is 4. The Morgan fingerprint density at radius 2 is 1.85 bits per heavy atom. The number of halogens is 3. The summed E-state index contributed by atoms with van der Waals surface area (Å²) in [7, 11) is 0. The van der Waals surface area contributed by atoms with Crippen LogP contribution in [0, 0.1) is 23.7 Å². The highest BCUT2D eigenvalue weighted by Gasteiger charge is 2.73. The van der Waals surface area contributed by atoms with E-state index < -0.39 is 64.5 Å².